The number of aryl methyl sites for hydroxylation is 2. The van der Waals surface area contributed by atoms with Gasteiger partial charge in [0.1, 0.15) is 0 Å². The van der Waals surface area contributed by atoms with Crippen molar-refractivity contribution in [3.05, 3.63) is 70.6 Å². The first-order valence-electron chi connectivity index (χ1n) is 8.25. The molecule has 2 heteroatoms. The van der Waals surface area contributed by atoms with Crippen LogP contribution in [0.15, 0.2) is 48.3 Å². The third-order valence-corrected chi connectivity index (χ3v) is 5.08. The normalized spacial score (nSPS) is 18.6. The molecule has 0 bridgehead atoms. The third-order valence-electron chi connectivity index (χ3n) is 5.08. The Kier molecular flexibility index (Phi) is 3.55. The van der Waals surface area contributed by atoms with Crippen molar-refractivity contribution < 1.29 is 0 Å². The first-order valence-corrected chi connectivity index (χ1v) is 8.25. The van der Waals surface area contributed by atoms with Crippen LogP contribution in [0.25, 0.3) is 5.57 Å². The fraction of sp³-hybridized carbons (Fsp3) is 0.350. The van der Waals surface area contributed by atoms with Gasteiger partial charge < -0.3 is 4.90 Å². The predicted octanol–water partition coefficient (Wildman–Crippen LogP) is 3.71. The maximum Gasteiger partial charge on any atom is 0.0349 e. The summed E-state index contributed by atoms with van der Waals surface area (Å²) < 4.78 is 0. The lowest BCUT2D eigenvalue weighted by Crippen LogP contribution is -2.27. The zero-order chi connectivity index (χ0) is 14.9. The molecule has 1 aliphatic heterocycles. The average molecular weight is 290 g/mol. The van der Waals surface area contributed by atoms with Crippen LogP contribution in [0.2, 0.25) is 0 Å². The first-order chi connectivity index (χ1) is 10.8. The van der Waals surface area contributed by atoms with Gasteiger partial charge in [-0.3, -0.25) is 4.98 Å². The zero-order valence-electron chi connectivity index (χ0n) is 13.2. The molecule has 1 aromatic carbocycles. The molecule has 2 nitrogen and oxygen atoms in total. The third kappa shape index (κ3) is 2.38. The number of hydrogen-bond acceptors (Lipinski definition) is 2. The molecule has 0 unspecified atom stereocenters. The highest BCUT2D eigenvalue weighted by Crippen LogP contribution is 2.37. The molecule has 4 rings (SSSR count). The van der Waals surface area contributed by atoms with Gasteiger partial charge in [-0.25, -0.2) is 0 Å². The SMILES string of the molecule is CN1CCC(=C2c3ccccc3CCc3ccncc32)CC1. The van der Waals surface area contributed by atoms with E-state index < -0.39 is 0 Å². The Morgan fingerprint density at radius 1 is 0.864 bits per heavy atom. The largest absolute Gasteiger partial charge is 0.306 e. The smallest absolute Gasteiger partial charge is 0.0349 e. The number of likely N-dealkylation sites (tertiary alicyclic amines) is 1. The topological polar surface area (TPSA) is 16.1 Å². The Bertz CT molecular complexity index is 670. The van der Waals surface area contributed by atoms with Crippen molar-refractivity contribution in [3.63, 3.8) is 0 Å². The minimum atomic E-state index is 1.12. The van der Waals surface area contributed by atoms with Crippen LogP contribution in [0.5, 0.6) is 0 Å². The van der Waals surface area contributed by atoms with Gasteiger partial charge in [-0.1, -0.05) is 29.8 Å². The molecule has 1 aromatic heterocycles. The second kappa shape index (κ2) is 5.69. The zero-order valence-corrected chi connectivity index (χ0v) is 13.2. The number of hydrogen-bond donors (Lipinski definition) is 0. The molecule has 2 heterocycles. The van der Waals surface area contributed by atoms with E-state index in [4.69, 9.17) is 0 Å². The van der Waals surface area contributed by atoms with Crippen LogP contribution in [0.3, 0.4) is 0 Å². The second-order valence-corrected chi connectivity index (χ2v) is 6.47. The molecular weight excluding hydrogens is 268 g/mol. The van der Waals surface area contributed by atoms with Crippen LogP contribution in [0, 0.1) is 0 Å². The number of aromatic nitrogens is 1. The van der Waals surface area contributed by atoms with E-state index in [-0.39, 0.29) is 0 Å². The van der Waals surface area contributed by atoms with E-state index in [0.717, 1.165) is 25.9 Å². The van der Waals surface area contributed by atoms with Gasteiger partial charge in [-0.2, -0.15) is 0 Å². The number of nitrogens with zero attached hydrogens (tertiary/aromatic N) is 2. The summed E-state index contributed by atoms with van der Waals surface area (Å²) >= 11 is 0. The van der Waals surface area contributed by atoms with Gasteiger partial charge in [-0.15, -0.1) is 0 Å². The molecule has 2 aromatic rings. The van der Waals surface area contributed by atoms with Crippen LogP contribution in [0.4, 0.5) is 0 Å². The fourth-order valence-corrected chi connectivity index (χ4v) is 3.78. The number of pyridine rings is 1. The van der Waals surface area contributed by atoms with Gasteiger partial charge in [0.2, 0.25) is 0 Å². The maximum atomic E-state index is 4.43. The molecule has 1 saturated heterocycles. The Morgan fingerprint density at radius 2 is 1.59 bits per heavy atom. The van der Waals surface area contributed by atoms with Gasteiger partial charge in [0, 0.05) is 31.0 Å². The van der Waals surface area contributed by atoms with Crippen molar-refractivity contribution in [1.82, 2.24) is 9.88 Å². The molecule has 0 spiro atoms. The molecule has 1 aliphatic carbocycles. The van der Waals surface area contributed by atoms with Crippen molar-refractivity contribution in [1.29, 1.82) is 0 Å². The highest BCUT2D eigenvalue weighted by atomic mass is 15.1. The molecule has 0 saturated carbocycles. The lowest BCUT2D eigenvalue weighted by atomic mass is 9.87. The van der Waals surface area contributed by atoms with E-state index in [1.165, 1.54) is 40.7 Å². The molecule has 0 N–H and O–H groups in total. The summed E-state index contributed by atoms with van der Waals surface area (Å²) in [4.78, 5) is 6.86. The summed E-state index contributed by atoms with van der Waals surface area (Å²) in [5.74, 6) is 0. The van der Waals surface area contributed by atoms with Crippen molar-refractivity contribution in [3.8, 4) is 0 Å². The summed E-state index contributed by atoms with van der Waals surface area (Å²) in [5, 5.41) is 0. The second-order valence-electron chi connectivity index (χ2n) is 6.47. The maximum absolute atomic E-state index is 4.43. The van der Waals surface area contributed by atoms with E-state index in [0.29, 0.717) is 0 Å². The predicted molar refractivity (Wildman–Crippen MR) is 90.8 cm³/mol. The monoisotopic (exact) mass is 290 g/mol. The van der Waals surface area contributed by atoms with Crippen LogP contribution in [-0.2, 0) is 12.8 Å². The Morgan fingerprint density at radius 3 is 2.41 bits per heavy atom. The highest BCUT2D eigenvalue weighted by Gasteiger charge is 2.22. The molecule has 2 aliphatic rings. The van der Waals surface area contributed by atoms with Crippen LogP contribution >= 0.6 is 0 Å². The molecule has 22 heavy (non-hydrogen) atoms. The van der Waals surface area contributed by atoms with E-state index in [2.05, 4.69) is 53.5 Å². The minimum Gasteiger partial charge on any atom is -0.306 e. The number of rotatable bonds is 0. The van der Waals surface area contributed by atoms with E-state index in [1.54, 1.807) is 5.57 Å². The molecular formula is C20H22N2. The van der Waals surface area contributed by atoms with Crippen molar-refractivity contribution in [2.45, 2.75) is 25.7 Å². The Hall–Kier alpha value is -1.93. The Labute approximate surface area is 132 Å². The van der Waals surface area contributed by atoms with Gasteiger partial charge >= 0.3 is 0 Å². The lowest BCUT2D eigenvalue weighted by molar-refractivity contribution is 0.313. The molecule has 0 amide bonds. The molecule has 1 fully saturated rings. The molecule has 112 valence electrons. The highest BCUT2D eigenvalue weighted by molar-refractivity contribution is 5.85. The van der Waals surface area contributed by atoms with Crippen molar-refractivity contribution in [2.24, 2.45) is 0 Å². The van der Waals surface area contributed by atoms with Crippen LogP contribution in [0.1, 0.15) is 35.1 Å². The van der Waals surface area contributed by atoms with Crippen molar-refractivity contribution in [2.75, 3.05) is 20.1 Å². The standard InChI is InChI=1S/C20H22N2/c1-22-12-9-17(10-13-22)20-18-5-3-2-4-15(18)6-7-16-8-11-21-14-19(16)20/h2-5,8,11,14H,6-7,9-10,12-13H2,1H3. The summed E-state index contributed by atoms with van der Waals surface area (Å²) in [6, 6.07) is 11.2. The quantitative estimate of drug-likeness (QED) is 0.735. The van der Waals surface area contributed by atoms with Gasteiger partial charge in [-0.05, 0) is 61.1 Å². The average Bonchev–Trinajstić information content (AvgIpc) is 2.73. The number of benzene rings is 1. The summed E-state index contributed by atoms with van der Waals surface area (Å²) in [5.41, 5.74) is 8.83. The number of piperidine rings is 1. The van der Waals surface area contributed by atoms with E-state index in [9.17, 15) is 0 Å². The summed E-state index contributed by atoms with van der Waals surface area (Å²) in [6.45, 7) is 2.33. The van der Waals surface area contributed by atoms with Crippen molar-refractivity contribution >= 4 is 5.57 Å². The summed E-state index contributed by atoms with van der Waals surface area (Å²) in [7, 11) is 2.22. The van der Waals surface area contributed by atoms with E-state index in [1.807, 2.05) is 6.20 Å². The molecule has 0 atom stereocenters. The first kappa shape index (κ1) is 13.7. The van der Waals surface area contributed by atoms with Crippen LogP contribution < -0.4 is 0 Å². The van der Waals surface area contributed by atoms with Gasteiger partial charge in [0.25, 0.3) is 0 Å². The minimum absolute atomic E-state index is 1.12. The molecule has 0 radical (unpaired) electrons. The van der Waals surface area contributed by atoms with Gasteiger partial charge in [0.15, 0.2) is 0 Å². The van der Waals surface area contributed by atoms with Gasteiger partial charge in [0.05, 0.1) is 0 Å². The fourth-order valence-electron chi connectivity index (χ4n) is 3.78. The van der Waals surface area contributed by atoms with E-state index >= 15 is 0 Å². The summed E-state index contributed by atoms with van der Waals surface area (Å²) in [6.07, 6.45) is 8.61. The number of fused-ring (bicyclic) bond motifs is 2. The lowest BCUT2D eigenvalue weighted by Gasteiger charge is -2.27. The van der Waals surface area contributed by atoms with Crippen LogP contribution in [-0.4, -0.2) is 30.0 Å². The Balaban J connectivity index is 1.93.